The average Bonchev–Trinajstić information content (AvgIpc) is 2.74. The van der Waals surface area contributed by atoms with E-state index >= 15 is 0 Å². The Bertz CT molecular complexity index is 925. The van der Waals surface area contributed by atoms with Crippen molar-refractivity contribution in [2.24, 2.45) is 0 Å². The van der Waals surface area contributed by atoms with Crippen LogP contribution >= 0.6 is 0 Å². The fraction of sp³-hybridized carbons (Fsp3) is 0.174. The first kappa shape index (κ1) is 17.8. The average molecular weight is 423 g/mol. The van der Waals surface area contributed by atoms with Gasteiger partial charge >= 0.3 is 165 Å². The molecule has 0 bridgehead atoms. The second-order valence-corrected chi connectivity index (χ2v) is 9.17. The zero-order valence-corrected chi connectivity index (χ0v) is 16.7. The van der Waals surface area contributed by atoms with Gasteiger partial charge in [0.25, 0.3) is 0 Å². The fourth-order valence-electron chi connectivity index (χ4n) is 3.47. The molecule has 0 spiro atoms. The molecule has 4 heteroatoms. The predicted octanol–water partition coefficient (Wildman–Crippen LogP) is 3.82. The van der Waals surface area contributed by atoms with Crippen LogP contribution in [0.15, 0.2) is 78.9 Å². The molecule has 4 rings (SSSR count). The molecule has 0 unspecified atom stereocenters. The molecular weight excluding hydrogens is 403 g/mol. The standard InChI is InChI=1S/C23H20O3Se/c1-25-23(24)17-12-13-20-19(14-17)22(16-8-4-2-5-9-16)21(15-26-20)27-18-10-6-3-7-11-18/h2-14,21-22H,15H2,1H3/t21-,22-/m0/s1. The molecule has 0 aromatic heterocycles. The molecule has 0 saturated carbocycles. The van der Waals surface area contributed by atoms with Crippen molar-refractivity contribution < 1.29 is 14.3 Å². The first-order valence-corrected chi connectivity index (χ1v) is 10.7. The van der Waals surface area contributed by atoms with Crippen LogP contribution in [0.2, 0.25) is 4.82 Å². The monoisotopic (exact) mass is 424 g/mol. The molecule has 1 aliphatic rings. The van der Waals surface area contributed by atoms with Gasteiger partial charge in [0, 0.05) is 0 Å². The maximum atomic E-state index is 12.1. The van der Waals surface area contributed by atoms with Gasteiger partial charge in [0.1, 0.15) is 0 Å². The van der Waals surface area contributed by atoms with E-state index in [1.807, 2.05) is 24.3 Å². The van der Waals surface area contributed by atoms with E-state index in [2.05, 4.69) is 48.5 Å². The van der Waals surface area contributed by atoms with Crippen LogP contribution in [0.5, 0.6) is 5.75 Å². The molecule has 0 fully saturated rings. The number of benzene rings is 3. The molecule has 0 saturated heterocycles. The Morgan fingerprint density at radius 1 is 1.00 bits per heavy atom. The van der Waals surface area contributed by atoms with Crippen LogP contribution in [-0.4, -0.2) is 34.6 Å². The topological polar surface area (TPSA) is 35.5 Å². The minimum atomic E-state index is -0.319. The van der Waals surface area contributed by atoms with Crippen molar-refractivity contribution in [1.82, 2.24) is 0 Å². The quantitative estimate of drug-likeness (QED) is 0.473. The van der Waals surface area contributed by atoms with E-state index in [0.717, 1.165) is 11.3 Å². The molecule has 0 aliphatic carbocycles. The number of rotatable bonds is 4. The number of esters is 1. The van der Waals surface area contributed by atoms with Crippen LogP contribution in [-0.2, 0) is 4.74 Å². The van der Waals surface area contributed by atoms with E-state index in [4.69, 9.17) is 9.47 Å². The summed E-state index contributed by atoms with van der Waals surface area (Å²) in [7, 11) is 1.41. The van der Waals surface area contributed by atoms with Gasteiger partial charge in [-0.05, 0) is 0 Å². The van der Waals surface area contributed by atoms with Crippen molar-refractivity contribution in [2.75, 3.05) is 13.7 Å². The van der Waals surface area contributed by atoms with Gasteiger partial charge in [-0.1, -0.05) is 0 Å². The van der Waals surface area contributed by atoms with Crippen LogP contribution < -0.4 is 9.20 Å². The zero-order chi connectivity index (χ0) is 18.6. The normalized spacial score (nSPS) is 18.3. The summed E-state index contributed by atoms with van der Waals surface area (Å²) in [6.45, 7) is 0.680. The van der Waals surface area contributed by atoms with Crippen molar-refractivity contribution in [2.45, 2.75) is 10.7 Å². The van der Waals surface area contributed by atoms with Crippen molar-refractivity contribution in [3.63, 3.8) is 0 Å². The van der Waals surface area contributed by atoms with Gasteiger partial charge < -0.3 is 0 Å². The van der Waals surface area contributed by atoms with E-state index in [-0.39, 0.29) is 26.8 Å². The molecule has 3 nitrogen and oxygen atoms in total. The summed E-state index contributed by atoms with van der Waals surface area (Å²) < 4.78 is 12.4. The Kier molecular flexibility index (Phi) is 5.28. The SMILES string of the molecule is COC(=O)c1ccc2c(c1)[C@H](c1ccccc1)[C@@H]([Se]c1ccccc1)CO2. The Balaban J connectivity index is 1.77. The van der Waals surface area contributed by atoms with Crippen molar-refractivity contribution in [3.8, 4) is 5.75 Å². The molecular formula is C23H20O3Se. The summed E-state index contributed by atoms with van der Waals surface area (Å²) in [6.07, 6.45) is 0. The van der Waals surface area contributed by atoms with E-state index < -0.39 is 0 Å². The predicted molar refractivity (Wildman–Crippen MR) is 107 cm³/mol. The summed E-state index contributed by atoms with van der Waals surface area (Å²) >= 11 is 0.251. The molecule has 136 valence electrons. The third-order valence-corrected chi connectivity index (χ3v) is 7.36. The number of carbonyl (C=O) groups is 1. The van der Waals surface area contributed by atoms with Crippen molar-refractivity contribution in [1.29, 1.82) is 0 Å². The first-order valence-electron chi connectivity index (χ1n) is 8.88. The Morgan fingerprint density at radius 2 is 1.70 bits per heavy atom. The number of hydrogen-bond donors (Lipinski definition) is 0. The van der Waals surface area contributed by atoms with Gasteiger partial charge in [-0.15, -0.1) is 0 Å². The molecule has 3 aromatic rings. The molecule has 0 radical (unpaired) electrons. The molecule has 0 amide bonds. The van der Waals surface area contributed by atoms with Crippen molar-refractivity contribution in [3.05, 3.63) is 95.6 Å². The number of ether oxygens (including phenoxy) is 2. The van der Waals surface area contributed by atoms with Crippen LogP contribution in [0.3, 0.4) is 0 Å². The minimum absolute atomic E-state index is 0.194. The van der Waals surface area contributed by atoms with E-state index in [9.17, 15) is 4.79 Å². The van der Waals surface area contributed by atoms with Crippen molar-refractivity contribution >= 4 is 25.4 Å². The molecule has 3 aromatic carbocycles. The van der Waals surface area contributed by atoms with Gasteiger partial charge in [-0.2, -0.15) is 0 Å². The Labute approximate surface area is 165 Å². The second kappa shape index (κ2) is 7.99. The summed E-state index contributed by atoms with van der Waals surface area (Å²) in [5.41, 5.74) is 2.89. The maximum absolute atomic E-state index is 12.1. The van der Waals surface area contributed by atoms with Crippen LogP contribution in [0.25, 0.3) is 0 Å². The van der Waals surface area contributed by atoms with Gasteiger partial charge in [-0.25, -0.2) is 0 Å². The van der Waals surface area contributed by atoms with Gasteiger partial charge in [-0.3, -0.25) is 0 Å². The second-order valence-electron chi connectivity index (χ2n) is 6.41. The summed E-state index contributed by atoms with van der Waals surface area (Å²) in [5, 5.41) is 0. The van der Waals surface area contributed by atoms with Crippen LogP contribution in [0.4, 0.5) is 0 Å². The molecule has 27 heavy (non-hydrogen) atoms. The van der Waals surface area contributed by atoms with E-state index in [1.54, 1.807) is 6.07 Å². The molecule has 1 heterocycles. The third-order valence-electron chi connectivity index (χ3n) is 4.73. The first-order chi connectivity index (χ1) is 13.3. The van der Waals surface area contributed by atoms with Gasteiger partial charge in [0.15, 0.2) is 0 Å². The van der Waals surface area contributed by atoms with E-state index in [0.29, 0.717) is 17.0 Å². The van der Waals surface area contributed by atoms with Gasteiger partial charge in [0.2, 0.25) is 0 Å². The summed E-state index contributed by atoms with van der Waals surface area (Å²) in [4.78, 5) is 12.4. The number of carbonyl (C=O) groups excluding carboxylic acids is 1. The van der Waals surface area contributed by atoms with E-state index in [1.165, 1.54) is 17.1 Å². The Morgan fingerprint density at radius 3 is 2.41 bits per heavy atom. The molecule has 1 aliphatic heterocycles. The molecule has 0 N–H and O–H groups in total. The van der Waals surface area contributed by atoms with Gasteiger partial charge in [0.05, 0.1) is 0 Å². The fourth-order valence-corrected chi connectivity index (χ4v) is 6.07. The Hall–Kier alpha value is -2.55. The number of hydrogen-bond acceptors (Lipinski definition) is 3. The molecule has 2 atom stereocenters. The summed E-state index contributed by atoms with van der Waals surface area (Å²) in [6, 6.07) is 26.7. The third kappa shape index (κ3) is 3.78. The number of fused-ring (bicyclic) bond motifs is 1. The zero-order valence-electron chi connectivity index (χ0n) is 15.0. The van der Waals surface area contributed by atoms with Crippen LogP contribution in [0, 0.1) is 0 Å². The summed E-state index contributed by atoms with van der Waals surface area (Å²) in [5.74, 6) is 0.733. The van der Waals surface area contributed by atoms with Crippen LogP contribution in [0.1, 0.15) is 27.4 Å². The number of methoxy groups -OCH3 is 1.